The van der Waals surface area contributed by atoms with Crippen LogP contribution in [0.4, 0.5) is 10.8 Å². The highest BCUT2D eigenvalue weighted by atomic mass is 35.5. The van der Waals surface area contributed by atoms with Gasteiger partial charge in [-0.25, -0.2) is 4.98 Å². The molecular formula is C19H20ClN5O3S. The molecule has 1 amide bonds. The van der Waals surface area contributed by atoms with Crippen LogP contribution in [0.15, 0.2) is 29.1 Å². The van der Waals surface area contributed by atoms with Crippen LogP contribution in [0.25, 0.3) is 4.96 Å². The molecule has 8 nitrogen and oxygen atoms in total. The van der Waals surface area contributed by atoms with Crippen LogP contribution in [-0.4, -0.2) is 40.7 Å². The maximum atomic E-state index is 12.8. The molecule has 4 rings (SSSR count). The molecule has 1 saturated heterocycles. The zero-order chi connectivity index (χ0) is 20.5. The molecule has 1 fully saturated rings. The normalized spacial score (nSPS) is 16.8. The molecule has 1 aliphatic rings. The molecule has 3 aromatic rings. The van der Waals surface area contributed by atoms with Gasteiger partial charge in [-0.05, 0) is 38.0 Å². The Morgan fingerprint density at radius 2 is 2.21 bits per heavy atom. The number of hydrogen-bond donors (Lipinski definition) is 1. The number of fused-ring (bicyclic) bond motifs is 1. The third-order valence-electron chi connectivity index (χ3n) is 4.84. The smallest absolute Gasteiger partial charge is 0.275 e. The Bertz CT molecular complexity index is 1130. The summed E-state index contributed by atoms with van der Waals surface area (Å²) in [5.41, 5.74) is 1.10. The molecule has 1 N–H and O–H groups in total. The number of ether oxygens (including phenoxy) is 1. The van der Waals surface area contributed by atoms with Gasteiger partial charge in [0.2, 0.25) is 16.0 Å². The van der Waals surface area contributed by atoms with Crippen molar-refractivity contribution in [2.45, 2.75) is 19.8 Å². The number of anilines is 2. The van der Waals surface area contributed by atoms with Crippen LogP contribution >= 0.6 is 22.9 Å². The molecule has 1 unspecified atom stereocenters. The molecule has 152 valence electrons. The first-order valence-corrected chi connectivity index (χ1v) is 10.4. The minimum Gasteiger partial charge on any atom is -0.495 e. The monoisotopic (exact) mass is 433 g/mol. The molecule has 2 aromatic heterocycles. The van der Waals surface area contributed by atoms with Crippen LogP contribution in [0.2, 0.25) is 5.02 Å². The number of halogens is 1. The van der Waals surface area contributed by atoms with E-state index in [1.54, 1.807) is 32.2 Å². The van der Waals surface area contributed by atoms with E-state index in [-0.39, 0.29) is 17.4 Å². The van der Waals surface area contributed by atoms with Crippen molar-refractivity contribution >= 4 is 44.6 Å². The summed E-state index contributed by atoms with van der Waals surface area (Å²) in [5, 5.41) is 8.48. The predicted molar refractivity (Wildman–Crippen MR) is 113 cm³/mol. The Labute approximate surface area is 176 Å². The number of amides is 1. The van der Waals surface area contributed by atoms with Gasteiger partial charge in [0.1, 0.15) is 5.75 Å². The standard InChI is InChI=1S/C19H20ClN5O3S/c1-11-8-16(26)25-18(21-11)29-19(23-25)24-7-3-4-12(10-24)17(27)22-13-5-6-15(28-2)14(20)9-13/h5-6,8-9,12H,3-4,7,10H2,1-2H3,(H,22,27). The fraction of sp³-hybridized carbons (Fsp3) is 0.368. The highest BCUT2D eigenvalue weighted by molar-refractivity contribution is 7.20. The molecule has 10 heteroatoms. The molecular weight excluding hydrogens is 414 g/mol. The highest BCUT2D eigenvalue weighted by Gasteiger charge is 2.28. The second-order valence-corrected chi connectivity index (χ2v) is 8.28. The fourth-order valence-corrected chi connectivity index (χ4v) is 4.64. The lowest BCUT2D eigenvalue weighted by Crippen LogP contribution is -2.40. The van der Waals surface area contributed by atoms with Crippen LogP contribution in [0.1, 0.15) is 18.5 Å². The Hall–Kier alpha value is -2.65. The number of carbonyl (C=O) groups excluding carboxylic acids is 1. The summed E-state index contributed by atoms with van der Waals surface area (Å²) in [5.74, 6) is 0.301. The minimum atomic E-state index is -0.197. The van der Waals surface area contributed by atoms with Crippen molar-refractivity contribution in [1.82, 2.24) is 14.6 Å². The molecule has 3 heterocycles. The van der Waals surface area contributed by atoms with Crippen molar-refractivity contribution < 1.29 is 9.53 Å². The van der Waals surface area contributed by atoms with Crippen molar-refractivity contribution in [3.8, 4) is 5.75 Å². The van der Waals surface area contributed by atoms with Gasteiger partial charge < -0.3 is 15.0 Å². The summed E-state index contributed by atoms with van der Waals surface area (Å²) in [4.78, 5) is 31.9. The molecule has 0 bridgehead atoms. The van der Waals surface area contributed by atoms with Gasteiger partial charge >= 0.3 is 0 Å². The van der Waals surface area contributed by atoms with Crippen molar-refractivity contribution in [1.29, 1.82) is 0 Å². The first kappa shape index (κ1) is 19.7. The van der Waals surface area contributed by atoms with Gasteiger partial charge in [-0.3, -0.25) is 9.59 Å². The summed E-state index contributed by atoms with van der Waals surface area (Å²) >= 11 is 7.50. The minimum absolute atomic E-state index is 0.0665. The first-order valence-electron chi connectivity index (χ1n) is 9.21. The summed E-state index contributed by atoms with van der Waals surface area (Å²) in [7, 11) is 1.54. The van der Waals surface area contributed by atoms with E-state index in [2.05, 4.69) is 15.4 Å². The third-order valence-corrected chi connectivity index (χ3v) is 6.11. The van der Waals surface area contributed by atoms with E-state index < -0.39 is 0 Å². The Kier molecular flexibility index (Phi) is 5.42. The van der Waals surface area contributed by atoms with E-state index in [9.17, 15) is 9.59 Å². The second kappa shape index (κ2) is 8.00. The van der Waals surface area contributed by atoms with Crippen molar-refractivity contribution in [2.24, 2.45) is 5.92 Å². The lowest BCUT2D eigenvalue weighted by atomic mass is 9.97. The number of aromatic nitrogens is 3. The average Bonchev–Trinajstić information content (AvgIpc) is 3.13. The van der Waals surface area contributed by atoms with Crippen molar-refractivity contribution in [3.63, 3.8) is 0 Å². The number of benzene rings is 1. The third kappa shape index (κ3) is 4.06. The largest absolute Gasteiger partial charge is 0.495 e. The lowest BCUT2D eigenvalue weighted by Gasteiger charge is -2.31. The number of nitrogens with one attached hydrogen (secondary N) is 1. The molecule has 1 aromatic carbocycles. The molecule has 0 aliphatic carbocycles. The summed E-state index contributed by atoms with van der Waals surface area (Å²) in [6.07, 6.45) is 1.65. The molecule has 1 aliphatic heterocycles. The van der Waals surface area contributed by atoms with Gasteiger partial charge in [-0.2, -0.15) is 4.52 Å². The Morgan fingerprint density at radius 3 is 2.97 bits per heavy atom. The average molecular weight is 434 g/mol. The number of hydrogen-bond acceptors (Lipinski definition) is 7. The summed E-state index contributed by atoms with van der Waals surface area (Å²) in [6, 6.07) is 6.62. The summed E-state index contributed by atoms with van der Waals surface area (Å²) in [6.45, 7) is 3.10. The van der Waals surface area contributed by atoms with E-state index in [0.717, 1.165) is 19.4 Å². The number of methoxy groups -OCH3 is 1. The second-order valence-electron chi connectivity index (χ2n) is 6.94. The Balaban J connectivity index is 1.49. The first-order chi connectivity index (χ1) is 13.9. The van der Waals surface area contributed by atoms with Gasteiger partial charge in [-0.1, -0.05) is 22.9 Å². The van der Waals surface area contributed by atoms with Crippen LogP contribution in [-0.2, 0) is 4.79 Å². The number of rotatable bonds is 4. The van der Waals surface area contributed by atoms with Gasteiger partial charge in [0.25, 0.3) is 5.56 Å². The van der Waals surface area contributed by atoms with Crippen molar-refractivity contribution in [3.05, 3.63) is 45.3 Å². The lowest BCUT2D eigenvalue weighted by molar-refractivity contribution is -0.120. The number of aryl methyl sites for hydroxylation is 1. The van der Waals surface area contributed by atoms with Crippen LogP contribution in [0.5, 0.6) is 5.75 Å². The van der Waals surface area contributed by atoms with Crippen LogP contribution < -0.4 is 20.5 Å². The quantitative estimate of drug-likeness (QED) is 0.680. The zero-order valence-electron chi connectivity index (χ0n) is 16.0. The van der Waals surface area contributed by atoms with Gasteiger partial charge in [0, 0.05) is 30.5 Å². The molecule has 1 atom stereocenters. The topological polar surface area (TPSA) is 88.8 Å². The van der Waals surface area contributed by atoms with E-state index in [1.807, 2.05) is 4.90 Å². The zero-order valence-corrected chi connectivity index (χ0v) is 17.6. The summed E-state index contributed by atoms with van der Waals surface area (Å²) < 4.78 is 6.45. The van der Waals surface area contributed by atoms with E-state index >= 15 is 0 Å². The maximum absolute atomic E-state index is 12.8. The predicted octanol–water partition coefficient (Wildman–Crippen LogP) is 2.98. The Morgan fingerprint density at radius 1 is 1.38 bits per heavy atom. The highest BCUT2D eigenvalue weighted by Crippen LogP contribution is 2.29. The van der Waals surface area contributed by atoms with Gasteiger partial charge in [-0.15, -0.1) is 5.10 Å². The molecule has 0 saturated carbocycles. The molecule has 29 heavy (non-hydrogen) atoms. The fourth-order valence-electron chi connectivity index (χ4n) is 3.39. The maximum Gasteiger partial charge on any atom is 0.275 e. The molecule has 0 spiro atoms. The number of carbonyl (C=O) groups is 1. The van der Waals surface area contributed by atoms with E-state index in [1.165, 1.54) is 21.9 Å². The number of piperidine rings is 1. The van der Waals surface area contributed by atoms with Gasteiger partial charge in [0.15, 0.2) is 0 Å². The van der Waals surface area contributed by atoms with E-state index in [0.29, 0.717) is 38.8 Å². The van der Waals surface area contributed by atoms with E-state index in [4.69, 9.17) is 16.3 Å². The number of nitrogens with zero attached hydrogens (tertiary/aromatic N) is 4. The SMILES string of the molecule is COc1ccc(NC(=O)C2CCCN(c3nn4c(=O)cc(C)nc4s3)C2)cc1Cl. The van der Waals surface area contributed by atoms with Gasteiger partial charge in [0.05, 0.1) is 18.1 Å². The van der Waals surface area contributed by atoms with Crippen molar-refractivity contribution in [2.75, 3.05) is 30.4 Å². The molecule has 0 radical (unpaired) electrons. The van der Waals surface area contributed by atoms with Crippen LogP contribution in [0, 0.1) is 12.8 Å². The van der Waals surface area contributed by atoms with Crippen LogP contribution in [0.3, 0.4) is 0 Å².